The summed E-state index contributed by atoms with van der Waals surface area (Å²) in [7, 11) is 0. The Morgan fingerprint density at radius 1 is 1.22 bits per heavy atom. The van der Waals surface area contributed by atoms with Crippen LogP contribution in [0.3, 0.4) is 0 Å². The normalized spacial score (nSPS) is 27.2. The van der Waals surface area contributed by atoms with Gasteiger partial charge in [-0.2, -0.15) is 0 Å². The van der Waals surface area contributed by atoms with E-state index in [1.54, 1.807) is 18.2 Å². The molecule has 13 heteroatoms. The molecule has 4 aliphatic heterocycles. The standard InChI is InChI=1S/C23H22N6O7/c30-10-23-11-36-22(35)15(23)5-6-28(23)21(34)16-9-29(26-25-16)13-1-2-14-12(7-13)8-27(20(14)33)17-3-4-18(31)24-19(17)32/h1-2,7,9,15,17,30H,3-6,8,10-11H2,(H,24,31,32)/t15-,17?,23+/m1/s1. The molecule has 4 amide bonds. The van der Waals surface area contributed by atoms with Crippen molar-refractivity contribution in [1.29, 1.82) is 0 Å². The van der Waals surface area contributed by atoms with E-state index in [0.29, 0.717) is 29.8 Å². The fourth-order valence-electron chi connectivity index (χ4n) is 5.62. The van der Waals surface area contributed by atoms with Gasteiger partial charge in [-0.15, -0.1) is 5.10 Å². The summed E-state index contributed by atoms with van der Waals surface area (Å²) in [6.45, 7) is 0.0430. The highest BCUT2D eigenvalue weighted by Gasteiger charge is 2.59. The molecule has 4 aliphatic rings. The molecule has 186 valence electrons. The van der Waals surface area contributed by atoms with Crippen LogP contribution in [0.5, 0.6) is 0 Å². The van der Waals surface area contributed by atoms with Gasteiger partial charge in [0.2, 0.25) is 11.8 Å². The molecule has 13 nitrogen and oxygen atoms in total. The molecule has 0 radical (unpaired) electrons. The van der Waals surface area contributed by atoms with Crippen molar-refractivity contribution in [2.45, 2.75) is 37.4 Å². The highest BCUT2D eigenvalue weighted by atomic mass is 16.5. The largest absolute Gasteiger partial charge is 0.463 e. The number of rotatable bonds is 4. The minimum absolute atomic E-state index is 0.0459. The number of amides is 4. The Balaban J connectivity index is 1.22. The van der Waals surface area contributed by atoms with Crippen molar-refractivity contribution in [3.63, 3.8) is 0 Å². The number of cyclic esters (lactones) is 1. The summed E-state index contributed by atoms with van der Waals surface area (Å²) >= 11 is 0. The maximum Gasteiger partial charge on any atom is 0.311 e. The number of hydrogen-bond donors (Lipinski definition) is 2. The summed E-state index contributed by atoms with van der Waals surface area (Å²) in [5, 5.41) is 20.3. The van der Waals surface area contributed by atoms with Gasteiger partial charge in [-0.3, -0.25) is 29.3 Å². The number of fused-ring (bicyclic) bond motifs is 2. The molecule has 0 bridgehead atoms. The molecule has 1 aromatic carbocycles. The smallest absolute Gasteiger partial charge is 0.311 e. The van der Waals surface area contributed by atoms with E-state index in [1.165, 1.54) is 20.7 Å². The van der Waals surface area contributed by atoms with Crippen molar-refractivity contribution in [2.75, 3.05) is 19.8 Å². The van der Waals surface area contributed by atoms with Gasteiger partial charge in [-0.25, -0.2) is 4.68 Å². The van der Waals surface area contributed by atoms with Crippen LogP contribution in [0.15, 0.2) is 24.4 Å². The number of aliphatic hydroxyl groups is 1. The maximum absolute atomic E-state index is 13.2. The van der Waals surface area contributed by atoms with Gasteiger partial charge in [0.05, 0.1) is 24.4 Å². The number of likely N-dealkylation sites (tertiary alicyclic amines) is 1. The summed E-state index contributed by atoms with van der Waals surface area (Å²) in [4.78, 5) is 64.8. The fourth-order valence-corrected chi connectivity index (χ4v) is 5.62. The third-order valence-electron chi connectivity index (χ3n) is 7.58. The van der Waals surface area contributed by atoms with E-state index in [1.807, 2.05) is 0 Å². The quantitative estimate of drug-likeness (QED) is 0.391. The second-order valence-electron chi connectivity index (χ2n) is 9.46. The fraction of sp³-hybridized carbons (Fsp3) is 0.435. The summed E-state index contributed by atoms with van der Waals surface area (Å²) in [6, 6.07) is 4.33. The minimum Gasteiger partial charge on any atom is -0.463 e. The first-order valence-electron chi connectivity index (χ1n) is 11.6. The van der Waals surface area contributed by atoms with Gasteiger partial charge < -0.3 is 19.6 Å². The minimum atomic E-state index is -1.09. The number of nitrogens with zero attached hydrogens (tertiary/aromatic N) is 5. The molecule has 1 unspecified atom stereocenters. The zero-order chi connectivity index (χ0) is 25.2. The lowest BCUT2D eigenvalue weighted by Gasteiger charge is -2.33. The summed E-state index contributed by atoms with van der Waals surface area (Å²) in [5.74, 6) is -2.56. The molecule has 2 aromatic rings. The number of ether oxygens (including phenoxy) is 1. The van der Waals surface area contributed by atoms with Crippen LogP contribution in [0, 0.1) is 5.92 Å². The van der Waals surface area contributed by atoms with Crippen LogP contribution < -0.4 is 5.32 Å². The Labute approximate surface area is 204 Å². The van der Waals surface area contributed by atoms with Gasteiger partial charge >= 0.3 is 5.97 Å². The molecule has 1 aromatic heterocycles. The monoisotopic (exact) mass is 494 g/mol. The number of nitrogens with one attached hydrogen (secondary N) is 1. The Bertz CT molecular complexity index is 1340. The van der Waals surface area contributed by atoms with E-state index in [-0.39, 0.29) is 43.5 Å². The van der Waals surface area contributed by atoms with Gasteiger partial charge in [0, 0.05) is 25.1 Å². The third kappa shape index (κ3) is 3.15. The highest BCUT2D eigenvalue weighted by Crippen LogP contribution is 2.41. The summed E-state index contributed by atoms with van der Waals surface area (Å²) in [5.41, 5.74) is 0.664. The van der Waals surface area contributed by atoms with Crippen molar-refractivity contribution in [3.05, 3.63) is 41.2 Å². The summed E-state index contributed by atoms with van der Waals surface area (Å²) < 4.78 is 6.52. The molecule has 0 spiro atoms. The highest BCUT2D eigenvalue weighted by molar-refractivity contribution is 6.05. The molecule has 3 saturated heterocycles. The number of esters is 1. The predicted octanol–water partition coefficient (Wildman–Crippen LogP) is -1.22. The van der Waals surface area contributed by atoms with Gasteiger partial charge in [-0.05, 0) is 36.6 Å². The van der Waals surface area contributed by atoms with E-state index in [4.69, 9.17) is 4.74 Å². The molecule has 0 aliphatic carbocycles. The number of carbonyl (C=O) groups is 5. The lowest BCUT2D eigenvalue weighted by atomic mass is 9.88. The van der Waals surface area contributed by atoms with Crippen LogP contribution in [0.2, 0.25) is 0 Å². The lowest BCUT2D eigenvalue weighted by molar-refractivity contribution is -0.141. The lowest BCUT2D eigenvalue weighted by Crippen LogP contribution is -2.54. The molecule has 3 atom stereocenters. The topological polar surface area (TPSA) is 164 Å². The summed E-state index contributed by atoms with van der Waals surface area (Å²) in [6.07, 6.45) is 2.30. The molecular weight excluding hydrogens is 472 g/mol. The molecule has 36 heavy (non-hydrogen) atoms. The Morgan fingerprint density at radius 2 is 2.06 bits per heavy atom. The van der Waals surface area contributed by atoms with Crippen molar-refractivity contribution >= 4 is 29.6 Å². The maximum atomic E-state index is 13.2. The van der Waals surface area contributed by atoms with Crippen molar-refractivity contribution in [1.82, 2.24) is 30.1 Å². The molecule has 6 rings (SSSR count). The second kappa shape index (κ2) is 7.95. The molecule has 3 fully saturated rings. The zero-order valence-corrected chi connectivity index (χ0v) is 19.0. The van der Waals surface area contributed by atoms with E-state index < -0.39 is 41.9 Å². The molecule has 5 heterocycles. The number of carbonyl (C=O) groups excluding carboxylic acids is 5. The number of piperidine rings is 1. The number of imide groups is 1. The number of hydrogen-bond acceptors (Lipinski definition) is 9. The van der Waals surface area contributed by atoms with Crippen LogP contribution in [-0.4, -0.2) is 90.8 Å². The number of aliphatic hydroxyl groups excluding tert-OH is 1. The Morgan fingerprint density at radius 3 is 2.83 bits per heavy atom. The van der Waals surface area contributed by atoms with E-state index in [0.717, 1.165) is 0 Å². The van der Waals surface area contributed by atoms with Crippen molar-refractivity contribution in [2.24, 2.45) is 5.92 Å². The SMILES string of the molecule is O=C1CCC(N2Cc3cc(-n4cc(C(=O)N5CC[C@@H]6C(=O)OC[C@@]65CO)nn4)ccc3C2=O)C(=O)N1. The number of aromatic nitrogens is 3. The van der Waals surface area contributed by atoms with Crippen molar-refractivity contribution < 1.29 is 33.8 Å². The predicted molar refractivity (Wildman–Crippen MR) is 117 cm³/mol. The molecule has 0 saturated carbocycles. The average molecular weight is 494 g/mol. The first kappa shape index (κ1) is 22.3. The van der Waals surface area contributed by atoms with Crippen LogP contribution in [0.1, 0.15) is 45.7 Å². The Hall–Kier alpha value is -4.13. The van der Waals surface area contributed by atoms with Crippen LogP contribution >= 0.6 is 0 Å². The Kier molecular flexibility index (Phi) is 4.93. The van der Waals surface area contributed by atoms with E-state index in [2.05, 4.69) is 15.6 Å². The van der Waals surface area contributed by atoms with Gasteiger partial charge in [0.25, 0.3) is 11.8 Å². The van der Waals surface area contributed by atoms with E-state index in [9.17, 15) is 29.1 Å². The molecular formula is C23H22N6O7. The van der Waals surface area contributed by atoms with Crippen LogP contribution in [0.25, 0.3) is 5.69 Å². The average Bonchev–Trinajstić information content (AvgIpc) is 3.63. The first-order valence-corrected chi connectivity index (χ1v) is 11.6. The van der Waals surface area contributed by atoms with Crippen molar-refractivity contribution in [3.8, 4) is 5.69 Å². The number of benzene rings is 1. The van der Waals surface area contributed by atoms with Gasteiger partial charge in [0.1, 0.15) is 18.2 Å². The first-order chi connectivity index (χ1) is 17.3. The van der Waals surface area contributed by atoms with Gasteiger partial charge in [0.15, 0.2) is 5.69 Å². The van der Waals surface area contributed by atoms with Crippen LogP contribution in [-0.2, 0) is 25.7 Å². The molecule has 2 N–H and O–H groups in total. The zero-order valence-electron chi connectivity index (χ0n) is 19.0. The van der Waals surface area contributed by atoms with Crippen LogP contribution in [0.4, 0.5) is 0 Å². The third-order valence-corrected chi connectivity index (χ3v) is 7.58. The second-order valence-corrected chi connectivity index (χ2v) is 9.46. The van der Waals surface area contributed by atoms with E-state index >= 15 is 0 Å². The van der Waals surface area contributed by atoms with Gasteiger partial charge in [-0.1, -0.05) is 5.21 Å².